The van der Waals surface area contributed by atoms with E-state index in [1.165, 1.54) is 0 Å². The SMILES string of the molecule is CC(C)NC(=O)C1COCCN1C(C)c1ccc(N)cc1. The van der Waals surface area contributed by atoms with Crippen molar-refractivity contribution < 1.29 is 9.53 Å². The van der Waals surface area contributed by atoms with Crippen molar-refractivity contribution in [1.82, 2.24) is 10.2 Å². The van der Waals surface area contributed by atoms with Gasteiger partial charge in [-0.15, -0.1) is 0 Å². The monoisotopic (exact) mass is 291 g/mol. The first-order chi connectivity index (χ1) is 9.99. The standard InChI is InChI=1S/C16H25N3O2/c1-11(2)18-16(20)15-10-21-9-8-19(15)12(3)13-4-6-14(17)7-5-13/h4-7,11-12,15H,8-10,17H2,1-3H3,(H,18,20). The van der Waals surface area contributed by atoms with Gasteiger partial charge < -0.3 is 15.8 Å². The zero-order valence-corrected chi connectivity index (χ0v) is 13.0. The summed E-state index contributed by atoms with van der Waals surface area (Å²) < 4.78 is 5.50. The minimum absolute atomic E-state index is 0.0343. The van der Waals surface area contributed by atoms with Crippen molar-refractivity contribution in [2.45, 2.75) is 38.9 Å². The summed E-state index contributed by atoms with van der Waals surface area (Å²) in [6.07, 6.45) is 0. The average molecular weight is 291 g/mol. The normalized spacial score (nSPS) is 21.2. The van der Waals surface area contributed by atoms with Gasteiger partial charge in [-0.25, -0.2) is 0 Å². The number of nitrogen functional groups attached to an aromatic ring is 1. The molecule has 1 aromatic carbocycles. The van der Waals surface area contributed by atoms with E-state index in [9.17, 15) is 4.79 Å². The average Bonchev–Trinajstić information content (AvgIpc) is 2.46. The highest BCUT2D eigenvalue weighted by molar-refractivity contribution is 5.82. The number of hydrogen-bond acceptors (Lipinski definition) is 4. The molecule has 1 saturated heterocycles. The molecule has 5 heteroatoms. The second-order valence-electron chi connectivity index (χ2n) is 5.83. The first-order valence-corrected chi connectivity index (χ1v) is 7.48. The van der Waals surface area contributed by atoms with Crippen LogP contribution in [0.25, 0.3) is 0 Å². The molecule has 2 atom stereocenters. The van der Waals surface area contributed by atoms with E-state index < -0.39 is 0 Å². The van der Waals surface area contributed by atoms with Crippen LogP contribution in [0.1, 0.15) is 32.4 Å². The van der Waals surface area contributed by atoms with Crippen LogP contribution in [0.3, 0.4) is 0 Å². The Balaban J connectivity index is 2.13. The molecule has 1 amide bonds. The summed E-state index contributed by atoms with van der Waals surface area (Å²) >= 11 is 0. The summed E-state index contributed by atoms with van der Waals surface area (Å²) in [6.45, 7) is 7.90. The van der Waals surface area contributed by atoms with Crippen molar-refractivity contribution >= 4 is 11.6 Å². The zero-order chi connectivity index (χ0) is 15.4. The lowest BCUT2D eigenvalue weighted by Crippen LogP contribution is -2.55. The number of benzene rings is 1. The van der Waals surface area contributed by atoms with Crippen LogP contribution in [0, 0.1) is 0 Å². The highest BCUT2D eigenvalue weighted by Gasteiger charge is 2.33. The summed E-state index contributed by atoms with van der Waals surface area (Å²) in [5.74, 6) is 0.0343. The van der Waals surface area contributed by atoms with Crippen molar-refractivity contribution in [1.29, 1.82) is 0 Å². The second kappa shape index (κ2) is 6.91. The molecule has 3 N–H and O–H groups in total. The lowest BCUT2D eigenvalue weighted by Gasteiger charge is -2.39. The minimum atomic E-state index is -0.242. The van der Waals surface area contributed by atoms with Gasteiger partial charge in [0.1, 0.15) is 6.04 Å². The molecule has 0 saturated carbocycles. The smallest absolute Gasteiger partial charge is 0.239 e. The van der Waals surface area contributed by atoms with Crippen LogP contribution in [0.4, 0.5) is 5.69 Å². The number of carbonyl (C=O) groups is 1. The Labute approximate surface area is 126 Å². The van der Waals surface area contributed by atoms with Crippen LogP contribution >= 0.6 is 0 Å². The van der Waals surface area contributed by atoms with Crippen LogP contribution in [0.2, 0.25) is 0 Å². The van der Waals surface area contributed by atoms with Crippen LogP contribution in [0.15, 0.2) is 24.3 Å². The van der Waals surface area contributed by atoms with Gasteiger partial charge in [-0.05, 0) is 38.5 Å². The van der Waals surface area contributed by atoms with Crippen molar-refractivity contribution in [3.05, 3.63) is 29.8 Å². The molecule has 1 aromatic rings. The quantitative estimate of drug-likeness (QED) is 0.826. The summed E-state index contributed by atoms with van der Waals surface area (Å²) in [4.78, 5) is 14.6. The molecule has 1 aliphatic rings. The molecule has 2 rings (SSSR count). The number of rotatable bonds is 4. The Morgan fingerprint density at radius 1 is 1.33 bits per heavy atom. The van der Waals surface area contributed by atoms with Gasteiger partial charge in [-0.2, -0.15) is 0 Å². The van der Waals surface area contributed by atoms with E-state index in [2.05, 4.69) is 17.1 Å². The number of amides is 1. The molecule has 2 unspecified atom stereocenters. The molecule has 0 spiro atoms. The maximum absolute atomic E-state index is 12.4. The van der Waals surface area contributed by atoms with Crippen molar-refractivity contribution in [3.63, 3.8) is 0 Å². The molecule has 1 aliphatic heterocycles. The summed E-state index contributed by atoms with van der Waals surface area (Å²) in [7, 11) is 0. The number of ether oxygens (including phenoxy) is 1. The van der Waals surface area contributed by atoms with E-state index in [1.807, 2.05) is 38.1 Å². The molecule has 1 fully saturated rings. The molecular formula is C16H25N3O2. The lowest BCUT2D eigenvalue weighted by atomic mass is 10.0. The summed E-state index contributed by atoms with van der Waals surface area (Å²) in [6, 6.07) is 7.88. The minimum Gasteiger partial charge on any atom is -0.399 e. The van der Waals surface area contributed by atoms with Gasteiger partial charge in [0.15, 0.2) is 0 Å². The molecule has 5 nitrogen and oxygen atoms in total. The van der Waals surface area contributed by atoms with Crippen molar-refractivity contribution in [3.8, 4) is 0 Å². The number of morpholine rings is 1. The molecule has 0 bridgehead atoms. The van der Waals surface area contributed by atoms with Gasteiger partial charge >= 0.3 is 0 Å². The van der Waals surface area contributed by atoms with Crippen LogP contribution in [-0.2, 0) is 9.53 Å². The van der Waals surface area contributed by atoms with Gasteiger partial charge in [-0.3, -0.25) is 9.69 Å². The number of nitrogens with one attached hydrogen (secondary N) is 1. The zero-order valence-electron chi connectivity index (χ0n) is 13.0. The molecule has 116 valence electrons. The van der Waals surface area contributed by atoms with E-state index in [0.29, 0.717) is 13.2 Å². The van der Waals surface area contributed by atoms with Gasteiger partial charge in [0.2, 0.25) is 5.91 Å². The predicted octanol–water partition coefficient (Wildman–Crippen LogP) is 1.56. The van der Waals surface area contributed by atoms with Gasteiger partial charge in [0.05, 0.1) is 13.2 Å². The number of hydrogen-bond donors (Lipinski definition) is 2. The maximum atomic E-state index is 12.4. The van der Waals surface area contributed by atoms with Gasteiger partial charge in [0, 0.05) is 24.3 Å². The Bertz CT molecular complexity index is 473. The third-order valence-electron chi connectivity index (χ3n) is 3.82. The van der Waals surface area contributed by atoms with E-state index in [-0.39, 0.29) is 24.0 Å². The number of anilines is 1. The highest BCUT2D eigenvalue weighted by Crippen LogP contribution is 2.25. The third-order valence-corrected chi connectivity index (χ3v) is 3.82. The van der Waals surface area contributed by atoms with E-state index in [1.54, 1.807) is 0 Å². The van der Waals surface area contributed by atoms with Crippen LogP contribution in [0.5, 0.6) is 0 Å². The fourth-order valence-electron chi connectivity index (χ4n) is 2.65. The topological polar surface area (TPSA) is 67.6 Å². The van der Waals surface area contributed by atoms with Gasteiger partial charge in [-0.1, -0.05) is 12.1 Å². The van der Waals surface area contributed by atoms with Gasteiger partial charge in [0.25, 0.3) is 0 Å². The Kier molecular flexibility index (Phi) is 5.20. The van der Waals surface area contributed by atoms with E-state index >= 15 is 0 Å². The number of carbonyl (C=O) groups excluding carboxylic acids is 1. The Morgan fingerprint density at radius 3 is 2.62 bits per heavy atom. The fraction of sp³-hybridized carbons (Fsp3) is 0.562. The molecule has 0 aliphatic carbocycles. The summed E-state index contributed by atoms with van der Waals surface area (Å²) in [5, 5.41) is 2.98. The third kappa shape index (κ3) is 3.95. The molecule has 0 radical (unpaired) electrons. The fourth-order valence-corrected chi connectivity index (χ4v) is 2.65. The van der Waals surface area contributed by atoms with Crippen LogP contribution in [-0.4, -0.2) is 42.6 Å². The van der Waals surface area contributed by atoms with E-state index in [4.69, 9.17) is 10.5 Å². The second-order valence-corrected chi connectivity index (χ2v) is 5.83. The first kappa shape index (κ1) is 15.8. The Hall–Kier alpha value is -1.59. The number of nitrogens with two attached hydrogens (primary N) is 1. The maximum Gasteiger partial charge on any atom is 0.239 e. The first-order valence-electron chi connectivity index (χ1n) is 7.48. The van der Waals surface area contributed by atoms with Crippen LogP contribution < -0.4 is 11.1 Å². The predicted molar refractivity (Wildman–Crippen MR) is 83.9 cm³/mol. The molecule has 21 heavy (non-hydrogen) atoms. The Morgan fingerprint density at radius 2 is 2.00 bits per heavy atom. The van der Waals surface area contributed by atoms with E-state index in [0.717, 1.165) is 17.8 Å². The number of nitrogens with zero attached hydrogens (tertiary/aromatic N) is 1. The lowest BCUT2D eigenvalue weighted by molar-refractivity contribution is -0.135. The largest absolute Gasteiger partial charge is 0.399 e. The molecular weight excluding hydrogens is 266 g/mol. The van der Waals surface area contributed by atoms with Crippen molar-refractivity contribution in [2.24, 2.45) is 0 Å². The highest BCUT2D eigenvalue weighted by atomic mass is 16.5. The molecule has 1 heterocycles. The summed E-state index contributed by atoms with van der Waals surface area (Å²) in [5.41, 5.74) is 7.65. The van der Waals surface area contributed by atoms with Crippen molar-refractivity contribution in [2.75, 3.05) is 25.5 Å². The molecule has 0 aromatic heterocycles.